The minimum Gasteiger partial charge on any atom is -0.444 e. The van der Waals surface area contributed by atoms with Crippen molar-refractivity contribution >= 4 is 6.09 Å². The fourth-order valence-corrected chi connectivity index (χ4v) is 1.87. The van der Waals surface area contributed by atoms with E-state index in [4.69, 9.17) is 9.47 Å². The van der Waals surface area contributed by atoms with Crippen LogP contribution in [-0.4, -0.2) is 53.6 Å². The van der Waals surface area contributed by atoms with Crippen molar-refractivity contribution < 1.29 is 19.4 Å². The average Bonchev–Trinajstić information content (AvgIpc) is 2.26. The maximum absolute atomic E-state index is 12.1. The summed E-state index contributed by atoms with van der Waals surface area (Å²) in [5.41, 5.74) is -1.16. The second-order valence-corrected chi connectivity index (χ2v) is 5.42. The van der Waals surface area contributed by atoms with E-state index >= 15 is 0 Å². The van der Waals surface area contributed by atoms with Crippen LogP contribution in [0.25, 0.3) is 0 Å². The Morgan fingerprint density at radius 1 is 1.53 bits per heavy atom. The summed E-state index contributed by atoms with van der Waals surface area (Å²) in [5, 5.41) is 9.53. The molecule has 0 aromatic rings. The van der Waals surface area contributed by atoms with Gasteiger partial charge in [-0.25, -0.2) is 4.79 Å². The molecule has 0 aliphatic carbocycles. The monoisotopic (exact) mass is 245 g/mol. The van der Waals surface area contributed by atoms with Gasteiger partial charge in [0.25, 0.3) is 0 Å². The van der Waals surface area contributed by atoms with Gasteiger partial charge < -0.3 is 14.6 Å². The van der Waals surface area contributed by atoms with Crippen molar-refractivity contribution in [3.8, 4) is 0 Å². The lowest BCUT2D eigenvalue weighted by Gasteiger charge is -2.45. The molecule has 1 saturated heterocycles. The molecule has 17 heavy (non-hydrogen) atoms. The first-order chi connectivity index (χ1) is 7.84. The molecular formula is C12H23NO4. The molecule has 0 aromatic heterocycles. The highest BCUT2D eigenvalue weighted by molar-refractivity contribution is 5.69. The van der Waals surface area contributed by atoms with E-state index in [-0.39, 0.29) is 12.7 Å². The third-order valence-corrected chi connectivity index (χ3v) is 2.97. The van der Waals surface area contributed by atoms with E-state index in [2.05, 4.69) is 0 Å². The number of aliphatic hydroxyl groups is 1. The molecule has 0 bridgehead atoms. The summed E-state index contributed by atoms with van der Waals surface area (Å²) >= 11 is 0. The molecule has 1 rings (SSSR count). The Bertz CT molecular complexity index is 268. The maximum atomic E-state index is 12.1. The molecule has 0 radical (unpaired) electrons. The van der Waals surface area contributed by atoms with Gasteiger partial charge >= 0.3 is 6.09 Å². The largest absolute Gasteiger partial charge is 0.444 e. The molecule has 1 unspecified atom stereocenters. The Balaban J connectivity index is 2.81. The zero-order chi connectivity index (χ0) is 13.1. The van der Waals surface area contributed by atoms with Crippen LogP contribution in [0, 0.1) is 0 Å². The van der Waals surface area contributed by atoms with Gasteiger partial charge in [0, 0.05) is 6.54 Å². The molecule has 1 amide bonds. The first-order valence-corrected chi connectivity index (χ1v) is 6.04. The molecule has 100 valence electrons. The summed E-state index contributed by atoms with van der Waals surface area (Å²) < 4.78 is 10.7. The first-order valence-electron chi connectivity index (χ1n) is 6.04. The third kappa shape index (κ3) is 3.33. The van der Waals surface area contributed by atoms with Gasteiger partial charge in [0.2, 0.25) is 0 Å². The lowest BCUT2D eigenvalue weighted by molar-refractivity contribution is -0.0944. The van der Waals surface area contributed by atoms with E-state index in [1.54, 1.807) is 4.90 Å². The molecule has 5 heteroatoms. The Kier molecular flexibility index (Phi) is 4.38. The van der Waals surface area contributed by atoms with Gasteiger partial charge in [-0.15, -0.1) is 0 Å². The number of carbonyl (C=O) groups excluding carboxylic acids is 1. The van der Waals surface area contributed by atoms with Crippen LogP contribution in [0.4, 0.5) is 4.79 Å². The number of ether oxygens (including phenoxy) is 2. The number of nitrogens with zero attached hydrogens (tertiary/aromatic N) is 1. The van der Waals surface area contributed by atoms with Crippen LogP contribution < -0.4 is 0 Å². The first kappa shape index (κ1) is 14.3. The normalized spacial score (nSPS) is 25.8. The van der Waals surface area contributed by atoms with Crippen LogP contribution in [0.15, 0.2) is 0 Å². The zero-order valence-electron chi connectivity index (χ0n) is 11.2. The highest BCUT2D eigenvalue weighted by atomic mass is 16.6. The molecule has 1 aliphatic rings. The van der Waals surface area contributed by atoms with Crippen molar-refractivity contribution in [3.63, 3.8) is 0 Å². The summed E-state index contributed by atoms with van der Waals surface area (Å²) in [6.07, 6.45) is 0.264. The van der Waals surface area contributed by atoms with E-state index in [9.17, 15) is 9.90 Å². The molecule has 0 spiro atoms. The van der Waals surface area contributed by atoms with Gasteiger partial charge in [-0.3, -0.25) is 4.90 Å². The van der Waals surface area contributed by atoms with Crippen molar-refractivity contribution in [1.29, 1.82) is 0 Å². The van der Waals surface area contributed by atoms with Crippen molar-refractivity contribution in [2.45, 2.75) is 45.3 Å². The number of rotatable bonds is 2. The van der Waals surface area contributed by atoms with Crippen molar-refractivity contribution in [2.24, 2.45) is 0 Å². The number of hydrogen-bond acceptors (Lipinski definition) is 4. The van der Waals surface area contributed by atoms with E-state index in [1.807, 2.05) is 27.7 Å². The quantitative estimate of drug-likeness (QED) is 0.798. The topological polar surface area (TPSA) is 59.0 Å². The summed E-state index contributed by atoms with van der Waals surface area (Å²) in [4.78, 5) is 13.7. The molecule has 1 N–H and O–H groups in total. The summed E-state index contributed by atoms with van der Waals surface area (Å²) in [6.45, 7) is 8.63. The Morgan fingerprint density at radius 3 is 2.65 bits per heavy atom. The van der Waals surface area contributed by atoms with Gasteiger partial charge in [0.15, 0.2) is 0 Å². The molecule has 1 fully saturated rings. The van der Waals surface area contributed by atoms with Crippen LogP contribution in [0.3, 0.4) is 0 Å². The van der Waals surface area contributed by atoms with Crippen molar-refractivity contribution in [2.75, 3.05) is 26.4 Å². The standard InChI is InChI=1S/C12H23NO4/c1-5-12(8-14)9-16-7-6-13(12)10(15)17-11(2,3)4/h14H,5-9H2,1-4H3. The fourth-order valence-electron chi connectivity index (χ4n) is 1.87. The smallest absolute Gasteiger partial charge is 0.410 e. The van der Waals surface area contributed by atoms with Gasteiger partial charge in [-0.2, -0.15) is 0 Å². The highest BCUT2D eigenvalue weighted by Gasteiger charge is 2.42. The lowest BCUT2D eigenvalue weighted by Crippen LogP contribution is -2.61. The van der Waals surface area contributed by atoms with Crippen LogP contribution in [-0.2, 0) is 9.47 Å². The van der Waals surface area contributed by atoms with E-state index in [0.717, 1.165) is 0 Å². The predicted molar refractivity (Wildman–Crippen MR) is 63.9 cm³/mol. The highest BCUT2D eigenvalue weighted by Crippen LogP contribution is 2.25. The molecule has 0 aromatic carbocycles. The van der Waals surface area contributed by atoms with Crippen LogP contribution in [0.5, 0.6) is 0 Å². The number of aliphatic hydroxyl groups excluding tert-OH is 1. The lowest BCUT2D eigenvalue weighted by atomic mass is 9.95. The summed E-state index contributed by atoms with van der Waals surface area (Å²) in [6, 6.07) is 0. The number of carbonyl (C=O) groups is 1. The predicted octanol–water partition coefficient (Wildman–Crippen LogP) is 1.39. The Labute approximate surface area is 103 Å². The molecular weight excluding hydrogens is 222 g/mol. The average molecular weight is 245 g/mol. The molecule has 5 nitrogen and oxygen atoms in total. The maximum Gasteiger partial charge on any atom is 0.410 e. The second kappa shape index (κ2) is 5.23. The molecule has 1 aliphatic heterocycles. The summed E-state index contributed by atoms with van der Waals surface area (Å²) in [7, 11) is 0. The third-order valence-electron chi connectivity index (χ3n) is 2.97. The minimum absolute atomic E-state index is 0.108. The van der Waals surface area contributed by atoms with Gasteiger partial charge in [0.05, 0.1) is 25.4 Å². The SMILES string of the molecule is CCC1(CO)COCCN1C(=O)OC(C)(C)C. The van der Waals surface area contributed by atoms with Gasteiger partial charge in [-0.05, 0) is 27.2 Å². The van der Waals surface area contributed by atoms with Gasteiger partial charge in [-0.1, -0.05) is 6.92 Å². The molecule has 0 saturated carbocycles. The van der Waals surface area contributed by atoms with Gasteiger partial charge in [0.1, 0.15) is 5.60 Å². The molecule has 1 atom stereocenters. The summed E-state index contributed by atoms with van der Waals surface area (Å²) in [5.74, 6) is 0. The molecule has 1 heterocycles. The Hall–Kier alpha value is -0.810. The Morgan fingerprint density at radius 2 is 2.18 bits per heavy atom. The van der Waals surface area contributed by atoms with Crippen LogP contribution in [0.2, 0.25) is 0 Å². The number of amides is 1. The van der Waals surface area contributed by atoms with Crippen molar-refractivity contribution in [1.82, 2.24) is 4.90 Å². The van der Waals surface area contributed by atoms with Crippen LogP contribution >= 0.6 is 0 Å². The van der Waals surface area contributed by atoms with E-state index < -0.39 is 11.1 Å². The number of morpholine rings is 1. The number of hydrogen-bond donors (Lipinski definition) is 1. The van der Waals surface area contributed by atoms with Crippen LogP contribution in [0.1, 0.15) is 34.1 Å². The zero-order valence-corrected chi connectivity index (χ0v) is 11.2. The second-order valence-electron chi connectivity index (χ2n) is 5.42. The van der Waals surface area contributed by atoms with E-state index in [1.165, 1.54) is 0 Å². The van der Waals surface area contributed by atoms with E-state index in [0.29, 0.717) is 26.2 Å². The fraction of sp³-hybridized carbons (Fsp3) is 0.917. The van der Waals surface area contributed by atoms with Crippen molar-refractivity contribution in [3.05, 3.63) is 0 Å². The minimum atomic E-state index is -0.638.